The zero-order chi connectivity index (χ0) is 66.4. The molecule has 0 N–H and O–H groups in total. The number of alkyl halides is 3. The molecule has 0 heterocycles. The first-order valence-corrected chi connectivity index (χ1v) is 35.4. The largest absolute Gasteiger partial charge is 0.492 e. The van der Waals surface area contributed by atoms with E-state index in [0.717, 1.165) is 75.9 Å². The van der Waals surface area contributed by atoms with Gasteiger partial charge in [0.1, 0.15) is 30.8 Å². The van der Waals surface area contributed by atoms with E-state index < -0.39 is 32.5 Å². The predicted molar refractivity (Wildman–Crippen MR) is 368 cm³/mol. The number of hydrogen-bond acceptors (Lipinski definition) is 10. The minimum Gasteiger partial charge on any atom is -0.492 e. The van der Waals surface area contributed by atoms with Crippen molar-refractivity contribution in [3.8, 4) is 11.5 Å². The molecule has 8 aromatic carbocycles. The van der Waals surface area contributed by atoms with E-state index >= 15 is 0 Å². The molecule has 3 unspecified atom stereocenters. The van der Waals surface area contributed by atoms with Crippen LogP contribution < -0.4 is 9.47 Å². The molecule has 0 radical (unpaired) electrons. The summed E-state index contributed by atoms with van der Waals surface area (Å²) in [7, 11) is 3.77. The second-order valence-corrected chi connectivity index (χ2v) is 30.1. The molecule has 0 fully saturated rings. The highest BCUT2D eigenvalue weighted by molar-refractivity contribution is 6.69. The zero-order valence-electron chi connectivity index (χ0n) is 53.7. The van der Waals surface area contributed by atoms with Gasteiger partial charge in [0.15, 0.2) is 14.4 Å². The van der Waals surface area contributed by atoms with Gasteiger partial charge < -0.3 is 42.6 Å². The summed E-state index contributed by atoms with van der Waals surface area (Å²) in [6.45, 7) is 13.3. The van der Waals surface area contributed by atoms with Crippen molar-refractivity contribution in [3.05, 3.63) is 270 Å². The van der Waals surface area contributed by atoms with Crippen LogP contribution in [0.1, 0.15) is 67.5 Å². The molecule has 0 saturated carbocycles. The lowest BCUT2D eigenvalue weighted by Crippen LogP contribution is -2.63. The molecule has 0 aliphatic rings. The Morgan fingerprint density at radius 3 is 1.14 bits per heavy atom. The number of likely N-dealkylation sites (N-methyl/N-ethyl adjacent to an activating group) is 2. The second kappa shape index (κ2) is 35.3. The molecule has 0 bridgehead atoms. The number of aryl methyl sites for hydroxylation is 2. The molecule has 18 heteroatoms. The second-order valence-electron chi connectivity index (χ2n) is 23.9. The third-order valence-corrected chi connectivity index (χ3v) is 17.4. The van der Waals surface area contributed by atoms with Gasteiger partial charge in [-0.05, 0) is 165 Å². The summed E-state index contributed by atoms with van der Waals surface area (Å²) >= 11 is 24.6. The molecular formula is C74H83Cl4F3N2O8Si. The molecule has 0 aromatic heterocycles. The Morgan fingerprint density at radius 2 is 0.815 bits per heavy atom. The molecule has 0 spiro atoms. The van der Waals surface area contributed by atoms with Gasteiger partial charge in [-0.1, -0.05) is 179 Å². The number of hydrogen-bond donors (Lipinski definition) is 0. The van der Waals surface area contributed by atoms with Crippen LogP contribution in [0.3, 0.4) is 0 Å². The summed E-state index contributed by atoms with van der Waals surface area (Å²) in [5.74, 6) is -1.69. The van der Waals surface area contributed by atoms with Crippen LogP contribution in [0.15, 0.2) is 194 Å². The Labute approximate surface area is 562 Å². The van der Waals surface area contributed by atoms with E-state index in [1.165, 1.54) is 23.8 Å². The summed E-state index contributed by atoms with van der Waals surface area (Å²) in [5, 5.41) is 2.80. The van der Waals surface area contributed by atoms with Crippen molar-refractivity contribution >= 4 is 60.7 Å². The van der Waals surface area contributed by atoms with E-state index in [-0.39, 0.29) is 30.8 Å². The third kappa shape index (κ3) is 23.0. The van der Waals surface area contributed by atoms with Gasteiger partial charge in [-0.15, -0.1) is 0 Å². The van der Waals surface area contributed by atoms with Crippen LogP contribution in [0.4, 0.5) is 13.2 Å². The quantitative estimate of drug-likeness (QED) is 0.0238. The first-order chi connectivity index (χ1) is 43.9. The fourth-order valence-electron chi connectivity index (χ4n) is 10.4. The number of esters is 1. The third-order valence-electron chi connectivity index (χ3n) is 15.4. The topological polar surface area (TPSA) is 88.2 Å². The highest BCUT2D eigenvalue weighted by Gasteiger charge is 2.64. The van der Waals surface area contributed by atoms with Crippen molar-refractivity contribution in [3.63, 3.8) is 0 Å². The number of carbonyl (C=O) groups is 1. The first kappa shape index (κ1) is 73.2. The monoisotopic (exact) mass is 1350 g/mol. The predicted octanol–water partition coefficient (Wildman–Crippen LogP) is 18.1. The fourth-order valence-corrected chi connectivity index (χ4v) is 12.1. The molecule has 0 aliphatic heterocycles. The number of ether oxygens (including phenoxy) is 6. The molecule has 8 aromatic rings. The molecule has 0 saturated heterocycles. The molecule has 0 amide bonds. The molecule has 8 rings (SSSR count). The molecular weight excluding hydrogens is 1270 g/mol. The van der Waals surface area contributed by atoms with E-state index in [2.05, 4.69) is 41.1 Å². The maximum absolute atomic E-state index is 14.9. The lowest BCUT2D eigenvalue weighted by Gasteiger charge is -2.43. The first-order valence-electron chi connectivity index (χ1n) is 30.5. The van der Waals surface area contributed by atoms with Gasteiger partial charge in [0.2, 0.25) is 0 Å². The summed E-state index contributed by atoms with van der Waals surface area (Å²) in [6.07, 6.45) is -6.70. The number of benzene rings is 8. The van der Waals surface area contributed by atoms with Crippen molar-refractivity contribution in [2.24, 2.45) is 0 Å². The van der Waals surface area contributed by atoms with Crippen molar-refractivity contribution in [2.75, 3.05) is 67.7 Å². The van der Waals surface area contributed by atoms with Gasteiger partial charge in [0, 0.05) is 78.1 Å². The average molecular weight is 1360 g/mol. The Balaban J connectivity index is 0.000000265. The number of rotatable bonds is 31. The standard InChI is InChI=1S/C39H46Cl2F3NO4Si.C35H37Cl2NO4/c1-28-7-9-30(10-8-28)27-48-37(38(46-3,39(42,43)44)49-50(4,5)6)25-29-11-21-35(22-12-29)47-24-23-45(2)26-36(31-13-17-33(40)18-14-31)32-15-19-34(41)20-16-32;1-25-4-6-27(7-5-25)24-42-34(35(39)40-3)22-26-8-18-32(19-9-26)41-21-20-38(2)23-33(28-10-14-30(36)15-11-28)29-12-16-31(37)17-13-29/h7-22,36-37H,23-27H2,1-6H3;4-19,33-34H,20-24H2,1-3H3. The minimum atomic E-state index is -4.85. The molecule has 490 valence electrons. The fraction of sp³-hybridized carbons (Fsp3) is 0.338. The van der Waals surface area contributed by atoms with E-state index in [9.17, 15) is 18.0 Å². The molecule has 3 atom stereocenters. The van der Waals surface area contributed by atoms with E-state index in [1.54, 1.807) is 43.9 Å². The number of methoxy groups -OCH3 is 2. The van der Waals surface area contributed by atoms with Crippen LogP contribution in [0.25, 0.3) is 0 Å². The van der Waals surface area contributed by atoms with Crippen LogP contribution in [-0.4, -0.2) is 116 Å². The van der Waals surface area contributed by atoms with Crippen LogP contribution in [0, 0.1) is 13.8 Å². The van der Waals surface area contributed by atoms with Crippen molar-refractivity contribution in [1.82, 2.24) is 9.80 Å². The Kier molecular flexibility index (Phi) is 28.1. The maximum Gasteiger partial charge on any atom is 0.445 e. The minimum absolute atomic E-state index is 0.0349. The highest BCUT2D eigenvalue weighted by Crippen LogP contribution is 2.42. The van der Waals surface area contributed by atoms with E-state index in [0.29, 0.717) is 54.1 Å². The summed E-state index contributed by atoms with van der Waals surface area (Å²) < 4.78 is 84.7. The number of nitrogens with zero attached hydrogens (tertiary/aromatic N) is 2. The van der Waals surface area contributed by atoms with Crippen LogP contribution in [-0.2, 0) is 54.2 Å². The molecule has 0 aliphatic carbocycles. The Bertz CT molecular complexity index is 3390. The normalized spacial score (nSPS) is 13.2. The van der Waals surface area contributed by atoms with Crippen molar-refractivity contribution < 1.29 is 50.8 Å². The SMILES string of the molecule is COC(=O)C(Cc1ccc(OCCN(C)CC(c2ccc(Cl)cc2)c2ccc(Cl)cc2)cc1)OCc1ccc(C)cc1.COC(O[Si](C)(C)C)(C(Cc1ccc(OCCN(C)CC(c2ccc(Cl)cc2)c2ccc(Cl)cc2)cc1)OCc1ccc(C)cc1)C(F)(F)F. The molecule has 10 nitrogen and oxygen atoms in total. The summed E-state index contributed by atoms with van der Waals surface area (Å²) in [4.78, 5) is 16.8. The lowest BCUT2D eigenvalue weighted by atomic mass is 9.91. The van der Waals surface area contributed by atoms with Crippen LogP contribution >= 0.6 is 46.4 Å². The highest BCUT2D eigenvalue weighted by atomic mass is 35.5. The van der Waals surface area contributed by atoms with Crippen molar-refractivity contribution in [2.45, 2.75) is 95.6 Å². The van der Waals surface area contributed by atoms with E-state index in [1.807, 2.05) is 166 Å². The van der Waals surface area contributed by atoms with Gasteiger partial charge in [0.05, 0.1) is 20.3 Å². The molecule has 92 heavy (non-hydrogen) atoms. The zero-order valence-corrected chi connectivity index (χ0v) is 57.7. The van der Waals surface area contributed by atoms with Gasteiger partial charge in [-0.25, -0.2) is 4.79 Å². The number of carbonyl (C=O) groups excluding carboxylic acids is 1. The summed E-state index contributed by atoms with van der Waals surface area (Å²) in [5.41, 5.74) is 10.2. The van der Waals surface area contributed by atoms with Crippen LogP contribution in [0.5, 0.6) is 11.5 Å². The maximum atomic E-state index is 14.9. The van der Waals surface area contributed by atoms with Gasteiger partial charge >= 0.3 is 12.1 Å². The van der Waals surface area contributed by atoms with Crippen LogP contribution in [0.2, 0.25) is 39.7 Å². The smallest absolute Gasteiger partial charge is 0.445 e. The summed E-state index contributed by atoms with van der Waals surface area (Å²) in [6, 6.07) is 62.1. The van der Waals surface area contributed by atoms with Crippen molar-refractivity contribution in [1.29, 1.82) is 0 Å². The van der Waals surface area contributed by atoms with Gasteiger partial charge in [0.25, 0.3) is 5.79 Å². The average Bonchev–Trinajstić information content (AvgIpc) is 0.768. The Hall–Kier alpha value is -6.24. The van der Waals surface area contributed by atoms with Gasteiger partial charge in [-0.2, -0.15) is 13.2 Å². The number of halogens is 7. The Morgan fingerprint density at radius 1 is 0.478 bits per heavy atom. The van der Waals surface area contributed by atoms with E-state index in [4.69, 9.17) is 79.3 Å². The lowest BCUT2D eigenvalue weighted by molar-refractivity contribution is -0.382. The van der Waals surface area contributed by atoms with Gasteiger partial charge in [-0.3, -0.25) is 0 Å².